The van der Waals surface area contributed by atoms with Crippen LogP contribution in [-0.2, 0) is 16.1 Å². The zero-order valence-electron chi connectivity index (χ0n) is 12.1. The zero-order valence-corrected chi connectivity index (χ0v) is 12.1. The van der Waals surface area contributed by atoms with Crippen molar-refractivity contribution in [2.24, 2.45) is 0 Å². The maximum Gasteiger partial charge on any atom is 0.251 e. The number of aromatic nitrogens is 1. The van der Waals surface area contributed by atoms with Gasteiger partial charge in [-0.25, -0.2) is 4.98 Å². The van der Waals surface area contributed by atoms with Crippen molar-refractivity contribution in [2.75, 3.05) is 18.0 Å². The molecule has 2 amide bonds. The van der Waals surface area contributed by atoms with Crippen molar-refractivity contribution in [3.05, 3.63) is 23.9 Å². The largest absolute Gasteiger partial charge is 0.333 e. The van der Waals surface area contributed by atoms with E-state index in [-0.39, 0.29) is 18.4 Å². The van der Waals surface area contributed by atoms with E-state index in [4.69, 9.17) is 0 Å². The molecule has 1 aromatic heterocycles. The summed E-state index contributed by atoms with van der Waals surface area (Å²) in [5.41, 5.74) is 0.283. The minimum Gasteiger partial charge on any atom is -0.333 e. The van der Waals surface area contributed by atoms with Gasteiger partial charge in [0.15, 0.2) is 0 Å². The van der Waals surface area contributed by atoms with E-state index in [1.54, 1.807) is 24.9 Å². The van der Waals surface area contributed by atoms with E-state index >= 15 is 0 Å². The molecular weight excluding hydrogens is 256 g/mol. The summed E-state index contributed by atoms with van der Waals surface area (Å²) in [6, 6.07) is 3.80. The highest BCUT2D eigenvalue weighted by molar-refractivity contribution is 6.06. The standard InChI is InChI=1S/C14H20N4O2/c1-4-15-7-10-5-6-11(16-8-10)18-9-12(19)17-13(20)14(18,2)3/h5-6,8,15H,4,7,9H2,1-3H3,(H,17,19,20). The number of anilines is 1. The van der Waals surface area contributed by atoms with Crippen LogP contribution in [0.1, 0.15) is 26.3 Å². The molecule has 20 heavy (non-hydrogen) atoms. The first-order valence-corrected chi connectivity index (χ1v) is 6.72. The molecule has 1 aliphatic heterocycles. The van der Waals surface area contributed by atoms with Crippen LogP contribution in [0.2, 0.25) is 0 Å². The number of carbonyl (C=O) groups is 2. The smallest absolute Gasteiger partial charge is 0.251 e. The average Bonchev–Trinajstić information content (AvgIpc) is 2.41. The van der Waals surface area contributed by atoms with Gasteiger partial charge in [-0.3, -0.25) is 14.9 Å². The molecule has 1 aliphatic rings. The van der Waals surface area contributed by atoms with Crippen molar-refractivity contribution in [3.63, 3.8) is 0 Å². The molecular formula is C14H20N4O2. The third-order valence-electron chi connectivity index (χ3n) is 3.45. The SMILES string of the molecule is CCNCc1ccc(N2CC(=O)NC(=O)C2(C)C)nc1. The lowest BCUT2D eigenvalue weighted by molar-refractivity contribution is -0.135. The van der Waals surface area contributed by atoms with E-state index in [9.17, 15) is 9.59 Å². The predicted molar refractivity (Wildman–Crippen MR) is 76.2 cm³/mol. The molecule has 0 saturated carbocycles. The predicted octanol–water partition coefficient (Wildman–Crippen LogP) is 0.432. The second-order valence-corrected chi connectivity index (χ2v) is 5.33. The Kier molecular flexibility index (Phi) is 4.04. The van der Waals surface area contributed by atoms with E-state index in [0.717, 1.165) is 18.7 Å². The van der Waals surface area contributed by atoms with Crippen LogP contribution in [-0.4, -0.2) is 35.4 Å². The Morgan fingerprint density at radius 1 is 1.40 bits per heavy atom. The van der Waals surface area contributed by atoms with E-state index in [0.29, 0.717) is 5.82 Å². The van der Waals surface area contributed by atoms with Gasteiger partial charge in [0, 0.05) is 12.7 Å². The first-order chi connectivity index (χ1) is 9.45. The fourth-order valence-electron chi connectivity index (χ4n) is 2.10. The molecule has 2 rings (SSSR count). The number of rotatable bonds is 4. The zero-order chi connectivity index (χ0) is 14.8. The average molecular weight is 276 g/mol. The summed E-state index contributed by atoms with van der Waals surface area (Å²) in [6.45, 7) is 7.40. The normalized spacial score (nSPS) is 18.1. The number of imide groups is 1. The first kappa shape index (κ1) is 14.5. The molecule has 1 aromatic rings. The monoisotopic (exact) mass is 276 g/mol. The topological polar surface area (TPSA) is 74.3 Å². The summed E-state index contributed by atoms with van der Waals surface area (Å²) in [6.07, 6.45) is 1.77. The minimum absolute atomic E-state index is 0.137. The number of nitrogens with zero attached hydrogens (tertiary/aromatic N) is 2. The van der Waals surface area contributed by atoms with Crippen molar-refractivity contribution < 1.29 is 9.59 Å². The Balaban J connectivity index is 2.21. The van der Waals surface area contributed by atoms with Gasteiger partial charge in [-0.05, 0) is 32.0 Å². The third kappa shape index (κ3) is 2.80. The molecule has 0 unspecified atom stereocenters. The van der Waals surface area contributed by atoms with Crippen molar-refractivity contribution in [3.8, 4) is 0 Å². The Hall–Kier alpha value is -1.95. The Morgan fingerprint density at radius 2 is 2.15 bits per heavy atom. The van der Waals surface area contributed by atoms with Crippen LogP contribution >= 0.6 is 0 Å². The van der Waals surface area contributed by atoms with E-state index in [2.05, 4.69) is 15.6 Å². The summed E-state index contributed by atoms with van der Waals surface area (Å²) in [5.74, 6) is 0.0403. The van der Waals surface area contributed by atoms with Crippen LogP contribution in [0.5, 0.6) is 0 Å². The number of nitrogens with one attached hydrogen (secondary N) is 2. The quantitative estimate of drug-likeness (QED) is 0.780. The van der Waals surface area contributed by atoms with Gasteiger partial charge in [-0.15, -0.1) is 0 Å². The lowest BCUT2D eigenvalue weighted by Crippen LogP contribution is -2.64. The molecule has 2 heterocycles. The number of carbonyl (C=O) groups excluding carboxylic acids is 2. The Morgan fingerprint density at radius 3 is 2.75 bits per heavy atom. The van der Waals surface area contributed by atoms with Crippen molar-refractivity contribution in [1.82, 2.24) is 15.6 Å². The molecule has 2 N–H and O–H groups in total. The summed E-state index contributed by atoms with van der Waals surface area (Å²) < 4.78 is 0. The first-order valence-electron chi connectivity index (χ1n) is 6.72. The van der Waals surface area contributed by atoms with E-state index in [1.807, 2.05) is 19.1 Å². The van der Waals surface area contributed by atoms with Crippen LogP contribution in [0.15, 0.2) is 18.3 Å². The summed E-state index contributed by atoms with van der Waals surface area (Å²) >= 11 is 0. The van der Waals surface area contributed by atoms with Gasteiger partial charge < -0.3 is 10.2 Å². The molecule has 0 aliphatic carbocycles. The molecule has 0 bridgehead atoms. The van der Waals surface area contributed by atoms with Crippen LogP contribution in [0.25, 0.3) is 0 Å². The van der Waals surface area contributed by atoms with Crippen molar-refractivity contribution in [2.45, 2.75) is 32.9 Å². The van der Waals surface area contributed by atoms with Crippen LogP contribution < -0.4 is 15.5 Å². The highest BCUT2D eigenvalue weighted by Gasteiger charge is 2.41. The second-order valence-electron chi connectivity index (χ2n) is 5.33. The fourth-order valence-corrected chi connectivity index (χ4v) is 2.10. The minimum atomic E-state index is -0.788. The lowest BCUT2D eigenvalue weighted by atomic mass is 9.98. The van der Waals surface area contributed by atoms with E-state index in [1.165, 1.54) is 0 Å². The van der Waals surface area contributed by atoms with Crippen molar-refractivity contribution >= 4 is 17.6 Å². The number of hydrogen-bond donors (Lipinski definition) is 2. The van der Waals surface area contributed by atoms with Crippen LogP contribution in [0.3, 0.4) is 0 Å². The number of piperazine rings is 1. The second kappa shape index (κ2) is 5.58. The highest BCUT2D eigenvalue weighted by Crippen LogP contribution is 2.24. The molecule has 1 saturated heterocycles. The lowest BCUT2D eigenvalue weighted by Gasteiger charge is -2.40. The van der Waals surface area contributed by atoms with Gasteiger partial charge in [0.25, 0.3) is 5.91 Å². The number of pyridine rings is 1. The molecule has 6 nitrogen and oxygen atoms in total. The van der Waals surface area contributed by atoms with Gasteiger partial charge >= 0.3 is 0 Å². The van der Waals surface area contributed by atoms with Gasteiger partial charge in [-0.1, -0.05) is 13.0 Å². The molecule has 0 spiro atoms. The van der Waals surface area contributed by atoms with Crippen molar-refractivity contribution in [1.29, 1.82) is 0 Å². The molecule has 108 valence electrons. The maximum atomic E-state index is 11.9. The number of hydrogen-bond acceptors (Lipinski definition) is 5. The van der Waals surface area contributed by atoms with Gasteiger partial charge in [0.05, 0.1) is 6.54 Å². The fraction of sp³-hybridized carbons (Fsp3) is 0.500. The Labute approximate surface area is 118 Å². The summed E-state index contributed by atoms with van der Waals surface area (Å²) in [7, 11) is 0. The number of amides is 2. The molecule has 0 atom stereocenters. The van der Waals surface area contributed by atoms with Gasteiger partial charge in [-0.2, -0.15) is 0 Å². The summed E-state index contributed by atoms with van der Waals surface area (Å²) in [5, 5.41) is 5.57. The molecule has 6 heteroatoms. The van der Waals surface area contributed by atoms with E-state index < -0.39 is 5.54 Å². The highest BCUT2D eigenvalue weighted by atomic mass is 16.2. The summed E-state index contributed by atoms with van der Waals surface area (Å²) in [4.78, 5) is 29.5. The van der Waals surface area contributed by atoms with Crippen LogP contribution in [0.4, 0.5) is 5.82 Å². The van der Waals surface area contributed by atoms with Gasteiger partial charge in [0.1, 0.15) is 11.4 Å². The van der Waals surface area contributed by atoms with Gasteiger partial charge in [0.2, 0.25) is 5.91 Å². The third-order valence-corrected chi connectivity index (χ3v) is 3.45. The maximum absolute atomic E-state index is 11.9. The Bertz CT molecular complexity index is 510. The molecule has 0 radical (unpaired) electrons. The molecule has 1 fully saturated rings. The van der Waals surface area contributed by atoms with Crippen LogP contribution in [0, 0.1) is 0 Å². The molecule has 0 aromatic carbocycles.